The van der Waals surface area contributed by atoms with Gasteiger partial charge >= 0.3 is 0 Å². The van der Waals surface area contributed by atoms with Crippen LogP contribution in [-0.2, 0) is 9.53 Å². The van der Waals surface area contributed by atoms with Gasteiger partial charge in [0.25, 0.3) is 0 Å². The molecular weight excluding hydrogens is 342 g/mol. The molecule has 2 fully saturated rings. The number of hydrogen-bond donors (Lipinski definition) is 1. The highest BCUT2D eigenvalue weighted by molar-refractivity contribution is 5.89. The Morgan fingerprint density at radius 3 is 2.44 bits per heavy atom. The number of anilines is 1. The molecule has 0 radical (unpaired) electrons. The number of rotatable bonds is 4. The summed E-state index contributed by atoms with van der Waals surface area (Å²) >= 11 is 0. The standard InChI is InChI=1S/C20H23N5O2/c1-12-10-25(11-13(2)27-12)19-18(15(9-21)20(26)22-14-7-8-14)23-16-5-3-4-6-17(16)24-19/h3-6,12-15H,7-8,10-11H2,1-2H3,(H,22,26)/t12-,13+,15-/m1/s1. The molecule has 7 nitrogen and oxygen atoms in total. The average molecular weight is 365 g/mol. The maximum Gasteiger partial charge on any atom is 0.243 e. The number of amides is 1. The Morgan fingerprint density at radius 1 is 1.22 bits per heavy atom. The van der Waals surface area contributed by atoms with Crippen molar-refractivity contribution in [3.05, 3.63) is 30.0 Å². The predicted octanol–water partition coefficient (Wildman–Crippen LogP) is 2.13. The van der Waals surface area contributed by atoms with Crippen LogP contribution in [0.1, 0.15) is 38.3 Å². The lowest BCUT2D eigenvalue weighted by molar-refractivity contribution is -0.121. The molecule has 1 aromatic carbocycles. The van der Waals surface area contributed by atoms with Crippen LogP contribution in [0.2, 0.25) is 0 Å². The predicted molar refractivity (Wildman–Crippen MR) is 101 cm³/mol. The molecule has 3 atom stereocenters. The SMILES string of the molecule is C[C@@H]1CN(c2nc3ccccc3nc2[C@@H](C#N)C(=O)NC2CC2)C[C@H](C)O1. The van der Waals surface area contributed by atoms with Crippen molar-refractivity contribution in [3.8, 4) is 6.07 Å². The molecule has 0 spiro atoms. The van der Waals surface area contributed by atoms with Gasteiger partial charge in [-0.25, -0.2) is 9.97 Å². The number of benzene rings is 1. The highest BCUT2D eigenvalue weighted by atomic mass is 16.5. The maximum atomic E-state index is 12.7. The third-order valence-corrected chi connectivity index (χ3v) is 4.89. The van der Waals surface area contributed by atoms with Gasteiger partial charge in [-0.3, -0.25) is 4.79 Å². The van der Waals surface area contributed by atoms with E-state index in [1.807, 2.05) is 38.1 Å². The van der Waals surface area contributed by atoms with Gasteiger partial charge in [-0.05, 0) is 38.8 Å². The molecule has 27 heavy (non-hydrogen) atoms. The summed E-state index contributed by atoms with van der Waals surface area (Å²) in [6, 6.07) is 9.88. The van der Waals surface area contributed by atoms with Gasteiger partial charge in [0.1, 0.15) is 5.69 Å². The quantitative estimate of drug-likeness (QED) is 0.892. The van der Waals surface area contributed by atoms with Gasteiger partial charge in [0.15, 0.2) is 11.7 Å². The van der Waals surface area contributed by atoms with Crippen molar-refractivity contribution in [1.29, 1.82) is 5.26 Å². The van der Waals surface area contributed by atoms with E-state index >= 15 is 0 Å². The first-order valence-corrected chi connectivity index (χ1v) is 9.42. The van der Waals surface area contributed by atoms with Crippen molar-refractivity contribution in [1.82, 2.24) is 15.3 Å². The summed E-state index contributed by atoms with van der Waals surface area (Å²) in [5, 5.41) is 12.7. The number of aromatic nitrogens is 2. The zero-order chi connectivity index (χ0) is 19.0. The second kappa shape index (κ2) is 7.12. The van der Waals surface area contributed by atoms with Gasteiger partial charge in [0.05, 0.1) is 29.3 Å². The van der Waals surface area contributed by atoms with Gasteiger partial charge in [-0.2, -0.15) is 5.26 Å². The molecule has 1 aliphatic carbocycles. The number of fused-ring (bicyclic) bond motifs is 1. The van der Waals surface area contributed by atoms with E-state index in [4.69, 9.17) is 14.7 Å². The Kier molecular flexibility index (Phi) is 4.66. The van der Waals surface area contributed by atoms with E-state index in [2.05, 4.69) is 16.3 Å². The normalized spacial score (nSPS) is 23.7. The van der Waals surface area contributed by atoms with Gasteiger partial charge in [0, 0.05) is 19.1 Å². The van der Waals surface area contributed by atoms with Crippen molar-refractivity contribution >= 4 is 22.8 Å². The monoisotopic (exact) mass is 365 g/mol. The molecule has 1 saturated heterocycles. The second-order valence-electron chi connectivity index (χ2n) is 7.43. The van der Waals surface area contributed by atoms with E-state index in [-0.39, 0.29) is 24.2 Å². The van der Waals surface area contributed by atoms with E-state index in [0.717, 1.165) is 18.4 Å². The number of carbonyl (C=O) groups excluding carboxylic acids is 1. The van der Waals surface area contributed by atoms with Gasteiger partial charge in [-0.15, -0.1) is 0 Å². The summed E-state index contributed by atoms with van der Waals surface area (Å²) in [6.07, 6.45) is 2.02. The molecule has 140 valence electrons. The molecule has 1 amide bonds. The summed E-state index contributed by atoms with van der Waals surface area (Å²) in [4.78, 5) is 24.2. The van der Waals surface area contributed by atoms with Crippen LogP contribution in [0.4, 0.5) is 5.82 Å². The third-order valence-electron chi connectivity index (χ3n) is 4.89. The fraction of sp³-hybridized carbons (Fsp3) is 0.500. The first-order chi connectivity index (χ1) is 13.0. The number of para-hydroxylation sites is 2. The largest absolute Gasteiger partial charge is 0.372 e. The Hall–Kier alpha value is -2.72. The van der Waals surface area contributed by atoms with Crippen molar-refractivity contribution < 1.29 is 9.53 Å². The Labute approximate surface area is 158 Å². The first-order valence-electron chi connectivity index (χ1n) is 9.42. The van der Waals surface area contributed by atoms with Crippen LogP contribution in [0, 0.1) is 11.3 Å². The van der Waals surface area contributed by atoms with Crippen LogP contribution >= 0.6 is 0 Å². The molecule has 0 unspecified atom stereocenters. The van der Waals surface area contributed by atoms with Gasteiger partial charge in [-0.1, -0.05) is 12.1 Å². The van der Waals surface area contributed by atoms with E-state index in [9.17, 15) is 10.1 Å². The summed E-state index contributed by atoms with van der Waals surface area (Å²) in [7, 11) is 0. The van der Waals surface area contributed by atoms with E-state index in [0.29, 0.717) is 30.1 Å². The molecule has 1 N–H and O–H groups in total. The number of ether oxygens (including phenoxy) is 1. The van der Waals surface area contributed by atoms with Crippen LogP contribution in [0.15, 0.2) is 24.3 Å². The highest BCUT2D eigenvalue weighted by Crippen LogP contribution is 2.30. The smallest absolute Gasteiger partial charge is 0.243 e. The number of morpholine rings is 1. The number of nitrogens with zero attached hydrogens (tertiary/aromatic N) is 4. The number of nitrogens with one attached hydrogen (secondary N) is 1. The fourth-order valence-electron chi connectivity index (χ4n) is 3.54. The van der Waals surface area contributed by atoms with Gasteiger partial charge < -0.3 is 15.0 Å². The molecule has 4 rings (SSSR count). The maximum absolute atomic E-state index is 12.7. The summed E-state index contributed by atoms with van der Waals surface area (Å²) in [5.74, 6) is -0.667. The van der Waals surface area contributed by atoms with Gasteiger partial charge in [0.2, 0.25) is 5.91 Å². The first kappa shape index (κ1) is 17.7. The van der Waals surface area contributed by atoms with Crippen LogP contribution in [0.3, 0.4) is 0 Å². The summed E-state index contributed by atoms with van der Waals surface area (Å²) in [6.45, 7) is 5.32. The summed E-state index contributed by atoms with van der Waals surface area (Å²) in [5.41, 5.74) is 1.86. The lowest BCUT2D eigenvalue weighted by atomic mass is 10.0. The van der Waals surface area contributed by atoms with Crippen molar-refractivity contribution in [2.75, 3.05) is 18.0 Å². The van der Waals surface area contributed by atoms with Crippen LogP contribution < -0.4 is 10.2 Å². The molecular formula is C20H23N5O2. The van der Waals surface area contributed by atoms with E-state index in [1.165, 1.54) is 0 Å². The van der Waals surface area contributed by atoms with E-state index < -0.39 is 5.92 Å². The van der Waals surface area contributed by atoms with Crippen LogP contribution in [-0.4, -0.2) is 47.2 Å². The van der Waals surface area contributed by atoms with Crippen molar-refractivity contribution in [2.45, 2.75) is 50.9 Å². The van der Waals surface area contributed by atoms with E-state index in [1.54, 1.807) is 0 Å². The molecule has 7 heteroatoms. The minimum Gasteiger partial charge on any atom is -0.372 e. The topological polar surface area (TPSA) is 91.1 Å². The second-order valence-corrected chi connectivity index (χ2v) is 7.43. The minimum atomic E-state index is -0.980. The minimum absolute atomic E-state index is 0.0377. The molecule has 1 aliphatic heterocycles. The zero-order valence-corrected chi connectivity index (χ0v) is 15.6. The third kappa shape index (κ3) is 3.71. The Morgan fingerprint density at radius 2 is 1.85 bits per heavy atom. The lowest BCUT2D eigenvalue weighted by Gasteiger charge is -2.37. The lowest BCUT2D eigenvalue weighted by Crippen LogP contribution is -2.46. The van der Waals surface area contributed by atoms with Crippen molar-refractivity contribution in [2.24, 2.45) is 0 Å². The molecule has 1 saturated carbocycles. The fourth-order valence-corrected chi connectivity index (χ4v) is 3.54. The van der Waals surface area contributed by atoms with Crippen LogP contribution in [0.25, 0.3) is 11.0 Å². The van der Waals surface area contributed by atoms with Crippen molar-refractivity contribution in [3.63, 3.8) is 0 Å². The average Bonchev–Trinajstić information content (AvgIpc) is 3.45. The zero-order valence-electron chi connectivity index (χ0n) is 15.6. The summed E-state index contributed by atoms with van der Waals surface area (Å²) < 4.78 is 5.83. The highest BCUT2D eigenvalue weighted by Gasteiger charge is 2.34. The molecule has 0 bridgehead atoms. The Bertz CT molecular complexity index is 895. The molecule has 2 aromatic rings. The number of carbonyl (C=O) groups is 1. The Balaban J connectivity index is 1.78. The number of hydrogen-bond acceptors (Lipinski definition) is 6. The van der Waals surface area contributed by atoms with Crippen LogP contribution in [0.5, 0.6) is 0 Å². The molecule has 2 heterocycles. The molecule has 1 aromatic heterocycles. The molecule has 2 aliphatic rings. The number of nitriles is 1.